The van der Waals surface area contributed by atoms with Crippen LogP contribution in [0, 0.1) is 0 Å². The highest BCUT2D eigenvalue weighted by atomic mass is 33.1. The zero-order chi connectivity index (χ0) is 14.5. The molecule has 0 aromatic carbocycles. The molecule has 2 aromatic heterocycles. The van der Waals surface area contributed by atoms with Crippen LogP contribution >= 0.6 is 67.8 Å². The minimum Gasteiger partial charge on any atom is -0.486 e. The maximum absolute atomic E-state index is 5.44. The lowest BCUT2D eigenvalue weighted by Crippen LogP contribution is -1.79. The Bertz CT molecular complexity index is 512. The number of thioether (sulfide) groups is 2. The van der Waals surface area contributed by atoms with E-state index in [0.29, 0.717) is 0 Å². The van der Waals surface area contributed by atoms with Gasteiger partial charge in [-0.3, -0.25) is 0 Å². The van der Waals surface area contributed by atoms with Crippen molar-refractivity contribution < 1.29 is 9.47 Å². The van der Waals surface area contributed by atoms with E-state index < -0.39 is 0 Å². The molecule has 8 heteroatoms. The van der Waals surface area contributed by atoms with E-state index in [1.165, 1.54) is 18.2 Å². The Labute approximate surface area is 143 Å². The fourth-order valence-electron chi connectivity index (χ4n) is 1.37. The molecule has 0 amide bonds. The molecular formula is C12H14O2S6. The average molecular weight is 383 g/mol. The molecule has 0 aliphatic rings. The summed E-state index contributed by atoms with van der Waals surface area (Å²) in [5, 5.41) is 1.96. The molecule has 0 spiro atoms. The van der Waals surface area contributed by atoms with Crippen LogP contribution in [-0.2, 0) is 0 Å². The second kappa shape index (κ2) is 8.14. The lowest BCUT2D eigenvalue weighted by Gasteiger charge is -2.02. The molecule has 0 saturated heterocycles. The molecule has 0 atom stereocenters. The van der Waals surface area contributed by atoms with Crippen molar-refractivity contribution in [2.24, 2.45) is 0 Å². The van der Waals surface area contributed by atoms with Crippen molar-refractivity contribution in [2.45, 2.75) is 18.2 Å². The standard InChI is InChI=1S/C12H14O2S6/c1-13-11-7(5-9(15-3)17-11)19-20-8-6-10(16-4)18-12(8)14-2/h5-6H,1-4H3. The summed E-state index contributed by atoms with van der Waals surface area (Å²) in [6, 6.07) is 4.36. The number of ether oxygens (including phenoxy) is 2. The van der Waals surface area contributed by atoms with Crippen molar-refractivity contribution >= 4 is 67.8 Å². The van der Waals surface area contributed by atoms with Crippen molar-refractivity contribution in [3.05, 3.63) is 12.1 Å². The Balaban J connectivity index is 2.11. The zero-order valence-corrected chi connectivity index (χ0v) is 16.3. The van der Waals surface area contributed by atoms with Crippen molar-refractivity contribution in [2.75, 3.05) is 26.7 Å². The van der Waals surface area contributed by atoms with E-state index in [0.717, 1.165) is 10.1 Å². The van der Waals surface area contributed by atoms with E-state index in [1.54, 1.807) is 82.0 Å². The van der Waals surface area contributed by atoms with Gasteiger partial charge in [-0.2, -0.15) is 0 Å². The molecule has 2 aromatic rings. The van der Waals surface area contributed by atoms with Crippen molar-refractivity contribution in [1.29, 1.82) is 0 Å². The molecular weight excluding hydrogens is 369 g/mol. The molecule has 0 fully saturated rings. The van der Waals surface area contributed by atoms with Gasteiger partial charge in [0, 0.05) is 0 Å². The van der Waals surface area contributed by atoms with Crippen LogP contribution in [0.4, 0.5) is 0 Å². The third-order valence-corrected chi connectivity index (χ3v) is 9.24. The van der Waals surface area contributed by atoms with Crippen LogP contribution in [0.1, 0.15) is 0 Å². The second-order valence-electron chi connectivity index (χ2n) is 3.42. The Morgan fingerprint density at radius 1 is 0.800 bits per heavy atom. The number of thiophene rings is 2. The summed E-state index contributed by atoms with van der Waals surface area (Å²) in [4.78, 5) is 2.34. The van der Waals surface area contributed by atoms with Gasteiger partial charge >= 0.3 is 0 Å². The van der Waals surface area contributed by atoms with Gasteiger partial charge in [-0.05, 0) is 46.2 Å². The lowest BCUT2D eigenvalue weighted by molar-refractivity contribution is 0.418. The minimum atomic E-state index is 0.978. The predicted molar refractivity (Wildman–Crippen MR) is 97.0 cm³/mol. The normalized spacial score (nSPS) is 10.8. The van der Waals surface area contributed by atoms with Gasteiger partial charge in [-0.15, -0.1) is 23.5 Å². The van der Waals surface area contributed by atoms with Gasteiger partial charge in [0.05, 0.1) is 32.4 Å². The van der Waals surface area contributed by atoms with Crippen LogP contribution in [0.15, 0.2) is 30.3 Å². The summed E-state index contributed by atoms with van der Waals surface area (Å²) in [5.74, 6) is 0. The lowest BCUT2D eigenvalue weighted by atomic mass is 10.6. The summed E-state index contributed by atoms with van der Waals surface area (Å²) in [7, 11) is 6.89. The third-order valence-electron chi connectivity index (χ3n) is 2.28. The van der Waals surface area contributed by atoms with Crippen molar-refractivity contribution in [3.63, 3.8) is 0 Å². The van der Waals surface area contributed by atoms with E-state index in [2.05, 4.69) is 24.6 Å². The smallest absolute Gasteiger partial charge is 0.189 e. The fraction of sp³-hybridized carbons (Fsp3) is 0.333. The molecule has 110 valence electrons. The summed E-state index contributed by atoms with van der Waals surface area (Å²) in [6.07, 6.45) is 4.17. The van der Waals surface area contributed by atoms with Gasteiger partial charge < -0.3 is 9.47 Å². The van der Waals surface area contributed by atoms with Gasteiger partial charge in [0.2, 0.25) is 0 Å². The molecule has 0 aliphatic carbocycles. The number of methoxy groups -OCH3 is 2. The highest BCUT2D eigenvalue weighted by molar-refractivity contribution is 8.76. The van der Waals surface area contributed by atoms with Gasteiger partial charge in [0.1, 0.15) is 0 Å². The van der Waals surface area contributed by atoms with Crippen molar-refractivity contribution in [3.8, 4) is 10.1 Å². The van der Waals surface area contributed by atoms with Crippen molar-refractivity contribution in [1.82, 2.24) is 0 Å². The molecule has 0 bridgehead atoms. The summed E-state index contributed by atoms with van der Waals surface area (Å²) in [5.41, 5.74) is 0. The van der Waals surface area contributed by atoms with Crippen LogP contribution < -0.4 is 9.47 Å². The van der Waals surface area contributed by atoms with Crippen LogP contribution in [0.2, 0.25) is 0 Å². The van der Waals surface area contributed by atoms with E-state index in [-0.39, 0.29) is 0 Å². The quantitative estimate of drug-likeness (QED) is 0.424. The monoisotopic (exact) mass is 382 g/mol. The Hall–Kier alpha value is 0.400. The third kappa shape index (κ3) is 3.98. The molecule has 0 unspecified atom stereocenters. The zero-order valence-electron chi connectivity index (χ0n) is 11.4. The molecule has 2 nitrogen and oxygen atoms in total. The number of rotatable bonds is 7. The van der Waals surface area contributed by atoms with Crippen LogP contribution in [0.3, 0.4) is 0 Å². The van der Waals surface area contributed by atoms with Crippen LogP contribution in [0.25, 0.3) is 0 Å². The fourth-order valence-corrected chi connectivity index (χ4v) is 7.37. The highest BCUT2D eigenvalue weighted by Gasteiger charge is 2.14. The predicted octanol–water partition coefficient (Wildman–Crippen LogP) is 6.07. The molecule has 0 radical (unpaired) electrons. The first-order chi connectivity index (χ1) is 9.71. The summed E-state index contributed by atoms with van der Waals surface area (Å²) < 4.78 is 13.4. The van der Waals surface area contributed by atoms with Gasteiger partial charge in [-0.25, -0.2) is 0 Å². The van der Waals surface area contributed by atoms with Crippen LogP contribution in [-0.4, -0.2) is 26.7 Å². The molecule has 0 saturated carbocycles. The van der Waals surface area contributed by atoms with Crippen LogP contribution in [0.5, 0.6) is 10.1 Å². The Kier molecular flexibility index (Phi) is 6.83. The van der Waals surface area contributed by atoms with Gasteiger partial charge in [0.25, 0.3) is 0 Å². The topological polar surface area (TPSA) is 18.5 Å². The SMILES string of the molecule is COc1sc(SC)cc1SSc1cc(SC)sc1OC. The largest absolute Gasteiger partial charge is 0.486 e. The van der Waals surface area contributed by atoms with E-state index in [1.807, 2.05) is 0 Å². The van der Waals surface area contributed by atoms with E-state index in [4.69, 9.17) is 9.47 Å². The Morgan fingerprint density at radius 3 is 1.50 bits per heavy atom. The molecule has 20 heavy (non-hydrogen) atoms. The number of hydrogen-bond acceptors (Lipinski definition) is 8. The van der Waals surface area contributed by atoms with E-state index in [9.17, 15) is 0 Å². The maximum Gasteiger partial charge on any atom is 0.189 e. The molecule has 0 aliphatic heterocycles. The molecule has 2 rings (SSSR count). The summed E-state index contributed by atoms with van der Waals surface area (Å²) in [6.45, 7) is 0. The average Bonchev–Trinajstić information content (AvgIpc) is 3.07. The minimum absolute atomic E-state index is 0.978. The Morgan fingerprint density at radius 2 is 1.20 bits per heavy atom. The first-order valence-corrected chi connectivity index (χ1v) is 11.7. The summed E-state index contributed by atoms with van der Waals surface area (Å²) >= 11 is 6.87. The highest BCUT2D eigenvalue weighted by Crippen LogP contribution is 2.51. The maximum atomic E-state index is 5.44. The second-order valence-corrected chi connectivity index (χ2v) is 9.87. The van der Waals surface area contributed by atoms with Gasteiger partial charge in [0.15, 0.2) is 10.1 Å². The molecule has 2 heterocycles. The molecule has 0 N–H and O–H groups in total. The number of hydrogen-bond donors (Lipinski definition) is 0. The first kappa shape index (κ1) is 16.8. The van der Waals surface area contributed by atoms with Gasteiger partial charge in [-0.1, -0.05) is 22.7 Å². The van der Waals surface area contributed by atoms with E-state index >= 15 is 0 Å². The first-order valence-electron chi connectivity index (χ1n) is 5.50.